The summed E-state index contributed by atoms with van der Waals surface area (Å²) < 4.78 is 6.95. The van der Waals surface area contributed by atoms with Gasteiger partial charge in [-0.05, 0) is 63.5 Å². The van der Waals surface area contributed by atoms with E-state index in [4.69, 9.17) is 4.74 Å². The van der Waals surface area contributed by atoms with E-state index in [2.05, 4.69) is 54.6 Å². The van der Waals surface area contributed by atoms with E-state index in [0.29, 0.717) is 11.4 Å². The highest BCUT2D eigenvalue weighted by molar-refractivity contribution is 6.22. The topological polar surface area (TPSA) is 63.8 Å². The van der Waals surface area contributed by atoms with Crippen molar-refractivity contribution in [3.63, 3.8) is 0 Å². The first kappa shape index (κ1) is 18.7. The number of nitrogens with zero attached hydrogens (tertiary/aromatic N) is 2. The van der Waals surface area contributed by atoms with Crippen LogP contribution in [0.4, 0.5) is 0 Å². The molecule has 2 aromatic rings. The largest absolute Gasteiger partial charge is 0.505 e. The highest BCUT2D eigenvalue weighted by Crippen LogP contribution is 2.30. The molecule has 2 heterocycles. The molecule has 0 fully saturated rings. The summed E-state index contributed by atoms with van der Waals surface area (Å²) in [7, 11) is 1.29. The lowest BCUT2D eigenvalue weighted by Crippen LogP contribution is -2.11. The van der Waals surface area contributed by atoms with E-state index in [1.54, 1.807) is 13.0 Å². The van der Waals surface area contributed by atoms with Gasteiger partial charge in [0.15, 0.2) is 5.76 Å². The third-order valence-corrected chi connectivity index (χ3v) is 4.94. The van der Waals surface area contributed by atoms with Crippen LogP contribution in [0.2, 0.25) is 0 Å². The number of esters is 1. The van der Waals surface area contributed by atoms with Gasteiger partial charge in [0.25, 0.3) is 0 Å². The summed E-state index contributed by atoms with van der Waals surface area (Å²) in [5, 5.41) is 10.4. The lowest BCUT2D eigenvalue weighted by Gasteiger charge is -2.15. The summed E-state index contributed by atoms with van der Waals surface area (Å²) in [5.74, 6) is -0.727. The van der Waals surface area contributed by atoms with Crippen LogP contribution in [0.1, 0.15) is 35.0 Å². The number of hydrogen-bond acceptors (Lipinski definition) is 4. The van der Waals surface area contributed by atoms with Crippen LogP contribution in [0.25, 0.3) is 11.8 Å². The molecule has 1 aromatic carbocycles. The minimum Gasteiger partial charge on any atom is -0.505 e. The van der Waals surface area contributed by atoms with Crippen LogP contribution in [0.15, 0.2) is 46.3 Å². The van der Waals surface area contributed by atoms with Crippen LogP contribution in [-0.2, 0) is 9.53 Å². The number of aliphatic hydroxyl groups is 1. The Morgan fingerprint density at radius 1 is 1.15 bits per heavy atom. The maximum absolute atomic E-state index is 11.9. The van der Waals surface area contributed by atoms with Gasteiger partial charge in [0.2, 0.25) is 0 Å². The number of carbonyl (C=O) groups excluding carboxylic acids is 1. The zero-order valence-electron chi connectivity index (χ0n) is 16.5. The van der Waals surface area contributed by atoms with Crippen molar-refractivity contribution in [1.29, 1.82) is 0 Å². The Kier molecular flexibility index (Phi) is 4.79. The molecule has 0 atom stereocenters. The van der Waals surface area contributed by atoms with Gasteiger partial charge in [-0.1, -0.05) is 18.2 Å². The Morgan fingerprint density at radius 3 is 2.37 bits per heavy atom. The van der Waals surface area contributed by atoms with Crippen molar-refractivity contribution in [1.82, 2.24) is 4.57 Å². The monoisotopic (exact) mass is 364 g/mol. The second-order valence-electron chi connectivity index (χ2n) is 6.84. The molecule has 0 spiro atoms. The maximum Gasteiger partial charge on any atom is 0.343 e. The van der Waals surface area contributed by atoms with Crippen LogP contribution >= 0.6 is 0 Å². The van der Waals surface area contributed by atoms with Gasteiger partial charge >= 0.3 is 5.97 Å². The third-order valence-electron chi connectivity index (χ3n) is 4.94. The number of aromatic nitrogens is 1. The van der Waals surface area contributed by atoms with Crippen LogP contribution in [0.5, 0.6) is 0 Å². The van der Waals surface area contributed by atoms with Crippen LogP contribution in [0.3, 0.4) is 0 Å². The molecule has 5 heteroatoms. The molecule has 1 aliphatic rings. The van der Waals surface area contributed by atoms with Crippen molar-refractivity contribution < 1.29 is 14.6 Å². The Balaban J connectivity index is 2.13. The Hall–Kier alpha value is -3.08. The van der Waals surface area contributed by atoms with Crippen molar-refractivity contribution in [2.45, 2.75) is 34.6 Å². The normalized spacial score (nSPS) is 15.5. The fourth-order valence-corrected chi connectivity index (χ4v) is 3.62. The quantitative estimate of drug-likeness (QED) is 0.815. The van der Waals surface area contributed by atoms with Crippen molar-refractivity contribution in [3.8, 4) is 5.69 Å². The summed E-state index contributed by atoms with van der Waals surface area (Å²) >= 11 is 0. The van der Waals surface area contributed by atoms with E-state index in [9.17, 15) is 9.90 Å². The number of benzene rings is 1. The molecule has 1 aliphatic heterocycles. The number of para-hydroxylation sites is 1. The van der Waals surface area contributed by atoms with Gasteiger partial charge in [0, 0.05) is 11.4 Å². The van der Waals surface area contributed by atoms with E-state index in [1.807, 2.05) is 6.92 Å². The summed E-state index contributed by atoms with van der Waals surface area (Å²) in [6.45, 7) is 9.98. The molecular formula is C22H24N2O3. The van der Waals surface area contributed by atoms with Crippen LogP contribution < -0.4 is 0 Å². The molecule has 0 unspecified atom stereocenters. The fourth-order valence-electron chi connectivity index (χ4n) is 3.62. The summed E-state index contributed by atoms with van der Waals surface area (Å²) in [6, 6.07) is 8.31. The standard InChI is InChI=1S/C22H24N2O3/c1-12-8-7-9-13(2)20(12)24-14(3)10-17(16(24)5)11-18-21(25)19(15(4)23-18)22(26)27-6/h7-11,25H,1-6H3. The number of hydrogen-bond donors (Lipinski definition) is 1. The molecule has 1 N–H and O–H groups in total. The number of aliphatic hydroxyl groups excluding tert-OH is 1. The predicted octanol–water partition coefficient (Wildman–Crippen LogP) is 4.51. The van der Waals surface area contributed by atoms with Crippen molar-refractivity contribution in [2.24, 2.45) is 4.99 Å². The molecule has 0 saturated heterocycles. The first-order valence-electron chi connectivity index (χ1n) is 8.81. The molecule has 1 aromatic heterocycles. The third kappa shape index (κ3) is 3.10. The molecule has 5 nitrogen and oxygen atoms in total. The maximum atomic E-state index is 11.9. The number of ether oxygens (including phenoxy) is 1. The van der Waals surface area contributed by atoms with E-state index in [-0.39, 0.29) is 11.3 Å². The Labute approximate surface area is 159 Å². The molecular weight excluding hydrogens is 340 g/mol. The lowest BCUT2D eigenvalue weighted by atomic mass is 10.1. The van der Waals surface area contributed by atoms with Gasteiger partial charge in [-0.2, -0.15) is 0 Å². The Bertz CT molecular complexity index is 1020. The average Bonchev–Trinajstić information content (AvgIpc) is 3.04. The van der Waals surface area contributed by atoms with E-state index in [0.717, 1.165) is 17.0 Å². The SMILES string of the molecule is COC(=O)C1=C(O)C(=Cc2cc(C)n(-c3c(C)cccc3C)c2C)N=C1C. The number of aliphatic imine (C=N–C) groups is 1. The van der Waals surface area contributed by atoms with E-state index in [1.165, 1.54) is 23.9 Å². The molecule has 0 aliphatic carbocycles. The predicted molar refractivity (Wildman–Crippen MR) is 107 cm³/mol. The van der Waals surface area contributed by atoms with Crippen molar-refractivity contribution >= 4 is 17.8 Å². The molecule has 140 valence electrons. The number of methoxy groups -OCH3 is 1. The summed E-state index contributed by atoms with van der Waals surface area (Å²) in [4.78, 5) is 16.2. The van der Waals surface area contributed by atoms with Crippen molar-refractivity contribution in [2.75, 3.05) is 7.11 Å². The molecule has 0 radical (unpaired) electrons. The van der Waals surface area contributed by atoms with Crippen molar-refractivity contribution in [3.05, 3.63) is 69.4 Å². The summed E-state index contributed by atoms with van der Waals surface area (Å²) in [5.41, 5.74) is 7.58. The van der Waals surface area contributed by atoms with Gasteiger partial charge in [0.1, 0.15) is 11.3 Å². The van der Waals surface area contributed by atoms with Crippen LogP contribution in [-0.4, -0.2) is 28.5 Å². The highest BCUT2D eigenvalue weighted by atomic mass is 16.5. The second kappa shape index (κ2) is 6.91. The highest BCUT2D eigenvalue weighted by Gasteiger charge is 2.27. The van der Waals surface area contributed by atoms with E-state index >= 15 is 0 Å². The molecule has 3 rings (SSSR count). The average molecular weight is 364 g/mol. The number of aryl methyl sites for hydroxylation is 3. The molecule has 27 heavy (non-hydrogen) atoms. The zero-order chi connectivity index (χ0) is 19.9. The minimum atomic E-state index is -0.585. The smallest absolute Gasteiger partial charge is 0.343 e. The minimum absolute atomic E-state index is 0.118. The fraction of sp³-hybridized carbons (Fsp3) is 0.273. The van der Waals surface area contributed by atoms with E-state index < -0.39 is 5.97 Å². The molecule has 0 amide bonds. The van der Waals surface area contributed by atoms with Crippen LogP contribution in [0, 0.1) is 27.7 Å². The summed E-state index contributed by atoms with van der Waals surface area (Å²) in [6.07, 6.45) is 1.81. The zero-order valence-corrected chi connectivity index (χ0v) is 16.5. The first-order valence-corrected chi connectivity index (χ1v) is 8.81. The van der Waals surface area contributed by atoms with Gasteiger partial charge in [-0.25, -0.2) is 9.79 Å². The van der Waals surface area contributed by atoms with Gasteiger partial charge in [-0.3, -0.25) is 0 Å². The number of rotatable bonds is 3. The van der Waals surface area contributed by atoms with Gasteiger partial charge in [-0.15, -0.1) is 0 Å². The lowest BCUT2D eigenvalue weighted by molar-refractivity contribution is -0.135. The Morgan fingerprint density at radius 2 is 1.78 bits per heavy atom. The second-order valence-corrected chi connectivity index (χ2v) is 6.84. The first-order chi connectivity index (χ1) is 12.8. The molecule has 0 saturated carbocycles. The molecule has 0 bridgehead atoms. The number of carbonyl (C=O) groups is 1. The van der Waals surface area contributed by atoms with Gasteiger partial charge < -0.3 is 14.4 Å². The van der Waals surface area contributed by atoms with Gasteiger partial charge in [0.05, 0.1) is 18.5 Å².